The van der Waals surface area contributed by atoms with Gasteiger partial charge in [0.15, 0.2) is 0 Å². The highest BCUT2D eigenvalue weighted by atomic mass is 32.1. The molecule has 4 aromatic rings. The first-order valence-electron chi connectivity index (χ1n) is 17.3. The van der Waals surface area contributed by atoms with E-state index in [0.29, 0.717) is 30.0 Å². The summed E-state index contributed by atoms with van der Waals surface area (Å²) in [4.78, 5) is 68.4. The van der Waals surface area contributed by atoms with Gasteiger partial charge in [0.2, 0.25) is 11.8 Å². The number of rotatable bonds is 8. The second-order valence-electron chi connectivity index (χ2n) is 13.0. The lowest BCUT2D eigenvalue weighted by atomic mass is 10.1. The summed E-state index contributed by atoms with van der Waals surface area (Å²) in [6, 6.07) is 8.06. The Labute approximate surface area is 305 Å². The van der Waals surface area contributed by atoms with Crippen LogP contribution in [0.1, 0.15) is 63.1 Å². The molecule has 1 N–H and O–H groups in total. The highest BCUT2D eigenvalue weighted by Crippen LogP contribution is 2.29. The Morgan fingerprint density at radius 3 is 2.62 bits per heavy atom. The molecule has 2 aliphatic rings. The van der Waals surface area contributed by atoms with Gasteiger partial charge in [0.1, 0.15) is 23.1 Å². The number of nitrogens with one attached hydrogen (secondary N) is 1. The molecule has 6 rings (SSSR count). The third-order valence-electron chi connectivity index (χ3n) is 9.03. The topological polar surface area (TPSA) is 139 Å². The van der Waals surface area contributed by atoms with Crippen molar-refractivity contribution in [3.63, 3.8) is 0 Å². The Kier molecular flexibility index (Phi) is 11.3. The van der Waals surface area contributed by atoms with Crippen molar-refractivity contribution in [3.05, 3.63) is 93.2 Å². The van der Waals surface area contributed by atoms with Gasteiger partial charge in [-0.1, -0.05) is 6.92 Å². The first kappa shape index (κ1) is 36.6. The van der Waals surface area contributed by atoms with E-state index < -0.39 is 29.8 Å². The van der Waals surface area contributed by atoms with E-state index in [4.69, 9.17) is 9.47 Å². The van der Waals surface area contributed by atoms with Crippen LogP contribution in [-0.4, -0.2) is 97.7 Å². The summed E-state index contributed by atoms with van der Waals surface area (Å²) in [5.74, 6) is -1.03. The number of thiazole rings is 1. The maximum Gasteiger partial charge on any atom is 0.254 e. The second-order valence-corrected chi connectivity index (χ2v) is 14.1. The van der Waals surface area contributed by atoms with Gasteiger partial charge in [0.25, 0.3) is 11.8 Å². The molecule has 15 heteroatoms. The number of aryl methyl sites for hydroxylation is 2. The van der Waals surface area contributed by atoms with Gasteiger partial charge in [0.05, 0.1) is 49.0 Å². The molecule has 2 aromatic carbocycles. The molecule has 0 spiro atoms. The number of carbonyl (C=O) groups excluding carboxylic acids is 4. The van der Waals surface area contributed by atoms with Crippen molar-refractivity contribution >= 4 is 35.0 Å². The van der Waals surface area contributed by atoms with Gasteiger partial charge >= 0.3 is 0 Å². The van der Waals surface area contributed by atoms with Crippen molar-refractivity contribution in [3.8, 4) is 11.5 Å². The van der Waals surface area contributed by atoms with E-state index >= 15 is 4.39 Å². The molecule has 0 radical (unpaired) electrons. The Bertz CT molecular complexity index is 1960. The van der Waals surface area contributed by atoms with E-state index in [1.165, 1.54) is 46.6 Å². The normalized spacial score (nSPS) is 17.8. The van der Waals surface area contributed by atoms with Crippen LogP contribution in [0.15, 0.2) is 54.2 Å². The van der Waals surface area contributed by atoms with Crippen molar-refractivity contribution in [1.29, 1.82) is 0 Å². The summed E-state index contributed by atoms with van der Waals surface area (Å²) in [5, 5.41) is 5.70. The Morgan fingerprint density at radius 2 is 1.90 bits per heavy atom. The van der Waals surface area contributed by atoms with Crippen LogP contribution in [0.2, 0.25) is 0 Å². The number of halogens is 1. The zero-order valence-electron chi connectivity index (χ0n) is 29.6. The molecule has 52 heavy (non-hydrogen) atoms. The monoisotopic (exact) mass is 731 g/mol. The van der Waals surface area contributed by atoms with Crippen molar-refractivity contribution < 1.29 is 33.0 Å². The highest BCUT2D eigenvalue weighted by molar-refractivity contribution is 7.09. The van der Waals surface area contributed by atoms with Crippen LogP contribution in [0.5, 0.6) is 11.5 Å². The number of amides is 4. The largest absolute Gasteiger partial charge is 0.457 e. The van der Waals surface area contributed by atoms with Crippen molar-refractivity contribution in [2.75, 3.05) is 32.7 Å². The standard InChI is InChI=1S/C37H42FN7O6S/c1-5-8-44-20-34(46)41-31-17-45(35(47)16-28-22-52-23(3)40-28)18-32(31)50-21-24-10-27(38)15-29(11-24)51-30-13-25(12-26(14-30)37(44)49)36(48)43(6-2)19-33-39-7-9-42(33)4/h7,9-15,22,31-32H,5-6,8,16-21H2,1-4H3,(H,41,46)/t31-,32-/m1/s1. The third-order valence-corrected chi connectivity index (χ3v) is 9.86. The lowest BCUT2D eigenvalue weighted by Gasteiger charge is -2.26. The lowest BCUT2D eigenvalue weighted by Crippen LogP contribution is -2.49. The smallest absolute Gasteiger partial charge is 0.254 e. The van der Waals surface area contributed by atoms with Crippen molar-refractivity contribution in [2.24, 2.45) is 7.05 Å². The second kappa shape index (κ2) is 16.0. The van der Waals surface area contributed by atoms with Gasteiger partial charge in [-0.05, 0) is 56.2 Å². The van der Waals surface area contributed by atoms with Crippen LogP contribution in [0, 0.1) is 12.7 Å². The molecule has 2 atom stereocenters. The minimum absolute atomic E-state index is 0.0264. The number of nitrogens with zero attached hydrogens (tertiary/aromatic N) is 6. The van der Waals surface area contributed by atoms with Gasteiger partial charge in [0, 0.05) is 68.2 Å². The van der Waals surface area contributed by atoms with Gasteiger partial charge in [-0.15, -0.1) is 11.3 Å². The summed E-state index contributed by atoms with van der Waals surface area (Å²) in [6.45, 7) is 6.59. The third kappa shape index (κ3) is 8.65. The van der Waals surface area contributed by atoms with Crippen LogP contribution >= 0.6 is 11.3 Å². The van der Waals surface area contributed by atoms with Gasteiger partial charge < -0.3 is 34.1 Å². The molecule has 1 saturated heterocycles. The van der Waals surface area contributed by atoms with Crippen molar-refractivity contribution in [1.82, 2.24) is 34.6 Å². The van der Waals surface area contributed by atoms with E-state index in [9.17, 15) is 19.2 Å². The van der Waals surface area contributed by atoms with E-state index in [-0.39, 0.29) is 80.2 Å². The maximum absolute atomic E-state index is 15.0. The number of ether oxygens (including phenoxy) is 2. The van der Waals surface area contributed by atoms with E-state index in [1.54, 1.807) is 28.3 Å². The fraction of sp³-hybridized carbons (Fsp3) is 0.405. The predicted octanol–water partition coefficient (Wildman–Crippen LogP) is 4.10. The molecule has 0 saturated carbocycles. The number of likely N-dealkylation sites (tertiary alicyclic amines) is 1. The molecule has 1 fully saturated rings. The van der Waals surface area contributed by atoms with Gasteiger partial charge in [-0.25, -0.2) is 14.4 Å². The lowest BCUT2D eigenvalue weighted by molar-refractivity contribution is -0.130. The summed E-state index contributed by atoms with van der Waals surface area (Å²) in [6.07, 6.45) is 3.52. The molecule has 4 heterocycles. The Balaban J connectivity index is 1.32. The van der Waals surface area contributed by atoms with Gasteiger partial charge in [-0.2, -0.15) is 0 Å². The Hall–Kier alpha value is -5.15. The highest BCUT2D eigenvalue weighted by Gasteiger charge is 2.37. The van der Waals surface area contributed by atoms with Crippen LogP contribution in [0.25, 0.3) is 0 Å². The molecule has 2 aliphatic heterocycles. The van der Waals surface area contributed by atoms with Crippen LogP contribution in [0.4, 0.5) is 4.39 Å². The first-order chi connectivity index (χ1) is 25.0. The van der Waals surface area contributed by atoms with Crippen LogP contribution in [0.3, 0.4) is 0 Å². The molecule has 274 valence electrons. The fourth-order valence-corrected chi connectivity index (χ4v) is 7.02. The molecule has 2 aromatic heterocycles. The molecular formula is C37H42FN7O6S. The minimum Gasteiger partial charge on any atom is -0.457 e. The van der Waals surface area contributed by atoms with E-state index in [1.807, 2.05) is 37.8 Å². The van der Waals surface area contributed by atoms with Crippen LogP contribution < -0.4 is 10.1 Å². The van der Waals surface area contributed by atoms with Crippen LogP contribution in [-0.2, 0) is 40.9 Å². The van der Waals surface area contributed by atoms with E-state index in [2.05, 4.69) is 15.3 Å². The minimum atomic E-state index is -0.602. The first-order valence-corrected chi connectivity index (χ1v) is 18.1. The van der Waals surface area contributed by atoms with Gasteiger partial charge in [-0.3, -0.25) is 19.2 Å². The fourth-order valence-electron chi connectivity index (χ4n) is 6.41. The summed E-state index contributed by atoms with van der Waals surface area (Å²) in [5.41, 5.74) is 1.45. The molecule has 0 unspecified atom stereocenters. The number of benzene rings is 2. The SMILES string of the molecule is CCCN1CC(=O)N[C@@H]2CN(C(=O)Cc3csc(C)n3)C[C@H]2OCc2cc(F)cc(c2)Oc2cc(cc(C(=O)N(CC)Cc3nccn3C)c2)C1=O. The molecule has 4 amide bonds. The maximum atomic E-state index is 15.0. The number of hydrogen-bond acceptors (Lipinski definition) is 9. The number of carbonyl (C=O) groups is 4. The zero-order valence-corrected chi connectivity index (χ0v) is 30.5. The number of hydrogen-bond donors (Lipinski definition) is 1. The molecular weight excluding hydrogens is 690 g/mol. The average molecular weight is 732 g/mol. The van der Waals surface area contributed by atoms with Crippen molar-refractivity contribution in [2.45, 2.75) is 58.9 Å². The Morgan fingerprint density at radius 1 is 1.10 bits per heavy atom. The molecule has 13 nitrogen and oxygen atoms in total. The summed E-state index contributed by atoms with van der Waals surface area (Å²) in [7, 11) is 1.84. The number of aromatic nitrogens is 3. The average Bonchev–Trinajstić information content (AvgIpc) is 3.84. The summed E-state index contributed by atoms with van der Waals surface area (Å²) < 4.78 is 29.2. The number of imidazole rings is 1. The zero-order chi connectivity index (χ0) is 36.9. The molecule has 0 aliphatic carbocycles. The summed E-state index contributed by atoms with van der Waals surface area (Å²) >= 11 is 1.47. The predicted molar refractivity (Wildman–Crippen MR) is 190 cm³/mol. The van der Waals surface area contributed by atoms with E-state index in [0.717, 1.165) is 5.01 Å². The quantitative estimate of drug-likeness (QED) is 0.286. The molecule has 4 bridgehead atoms. The number of fused-ring (bicyclic) bond motifs is 5.